The second-order valence-corrected chi connectivity index (χ2v) is 6.29. The topological polar surface area (TPSA) is 39.7 Å². The first-order valence-electron chi connectivity index (χ1n) is 8.42. The summed E-state index contributed by atoms with van der Waals surface area (Å²) in [4.78, 5) is 6.39. The molecule has 1 unspecified atom stereocenters. The molecule has 0 spiro atoms. The zero-order valence-electron chi connectivity index (χ0n) is 15.4. The molecule has 25 heavy (non-hydrogen) atoms. The van der Waals surface area contributed by atoms with Crippen molar-refractivity contribution >= 4 is 5.96 Å². The number of rotatable bonds is 6. The minimum absolute atomic E-state index is 0.212. The molecule has 1 atom stereocenters. The second-order valence-electron chi connectivity index (χ2n) is 6.29. The molecule has 5 heteroatoms. The fourth-order valence-corrected chi connectivity index (χ4v) is 2.62. The molecule has 2 aromatic rings. The van der Waals surface area contributed by atoms with E-state index in [1.165, 1.54) is 17.2 Å². The van der Waals surface area contributed by atoms with Crippen molar-refractivity contribution in [2.24, 2.45) is 4.99 Å². The molecule has 2 aromatic carbocycles. The Morgan fingerprint density at radius 2 is 1.76 bits per heavy atom. The van der Waals surface area contributed by atoms with E-state index >= 15 is 0 Å². The average Bonchev–Trinajstić information content (AvgIpc) is 2.60. The summed E-state index contributed by atoms with van der Waals surface area (Å²) in [7, 11) is 5.83. The summed E-state index contributed by atoms with van der Waals surface area (Å²) in [6.07, 6.45) is 0. The summed E-state index contributed by atoms with van der Waals surface area (Å²) in [5, 5.41) is 6.49. The number of aliphatic imine (C=N–C) groups is 1. The van der Waals surface area contributed by atoms with Gasteiger partial charge in [0.05, 0.1) is 6.04 Å². The first-order valence-corrected chi connectivity index (χ1v) is 8.42. The first-order chi connectivity index (χ1) is 12.0. The Morgan fingerprint density at radius 3 is 2.36 bits per heavy atom. The number of hydrogen-bond acceptors (Lipinski definition) is 2. The molecule has 0 heterocycles. The van der Waals surface area contributed by atoms with Crippen LogP contribution in [0, 0.1) is 12.7 Å². The fourth-order valence-electron chi connectivity index (χ4n) is 2.62. The van der Waals surface area contributed by atoms with Crippen molar-refractivity contribution in [1.29, 1.82) is 0 Å². The minimum atomic E-state index is -0.212. The number of benzene rings is 2. The second kappa shape index (κ2) is 9.18. The number of hydrogen-bond donors (Lipinski definition) is 2. The van der Waals surface area contributed by atoms with Crippen LogP contribution in [0.2, 0.25) is 0 Å². The Hall–Kier alpha value is -2.40. The molecule has 0 fully saturated rings. The first kappa shape index (κ1) is 18.9. The monoisotopic (exact) mass is 342 g/mol. The zero-order valence-corrected chi connectivity index (χ0v) is 15.4. The molecular formula is C20H27FN4. The van der Waals surface area contributed by atoms with E-state index in [9.17, 15) is 4.39 Å². The Labute approximate surface area is 149 Å². The van der Waals surface area contributed by atoms with Crippen molar-refractivity contribution in [2.45, 2.75) is 19.5 Å². The highest BCUT2D eigenvalue weighted by molar-refractivity contribution is 5.79. The van der Waals surface area contributed by atoms with Crippen molar-refractivity contribution < 1.29 is 4.39 Å². The number of nitrogens with zero attached hydrogens (tertiary/aromatic N) is 2. The maximum Gasteiger partial charge on any atom is 0.191 e. The van der Waals surface area contributed by atoms with Gasteiger partial charge in [0.2, 0.25) is 0 Å². The molecular weight excluding hydrogens is 315 g/mol. The lowest BCUT2D eigenvalue weighted by Gasteiger charge is -2.26. The van der Waals surface area contributed by atoms with Crippen LogP contribution in [0.25, 0.3) is 0 Å². The quantitative estimate of drug-likeness (QED) is 0.626. The standard InChI is InChI=1S/C20H27FN4/c1-15-9-11-16(12-10-15)19(25(3)4)14-24-20(22-2)23-13-17-7-5-6-8-18(17)21/h5-12,19H,13-14H2,1-4H3,(H2,22,23,24). The van der Waals surface area contributed by atoms with Gasteiger partial charge in [0, 0.05) is 25.7 Å². The van der Waals surface area contributed by atoms with Gasteiger partial charge in [0.15, 0.2) is 5.96 Å². The van der Waals surface area contributed by atoms with Gasteiger partial charge in [-0.05, 0) is 32.6 Å². The maximum atomic E-state index is 13.7. The normalized spacial score (nSPS) is 13.0. The van der Waals surface area contributed by atoms with Gasteiger partial charge in [-0.15, -0.1) is 0 Å². The number of nitrogens with one attached hydrogen (secondary N) is 2. The molecule has 134 valence electrons. The van der Waals surface area contributed by atoms with Crippen LogP contribution in [0.5, 0.6) is 0 Å². The molecule has 0 saturated carbocycles. The number of guanidine groups is 1. The third-order valence-electron chi connectivity index (χ3n) is 4.18. The van der Waals surface area contributed by atoms with Gasteiger partial charge in [0.1, 0.15) is 5.82 Å². The summed E-state index contributed by atoms with van der Waals surface area (Å²) in [6, 6.07) is 15.5. The highest BCUT2D eigenvalue weighted by Crippen LogP contribution is 2.17. The minimum Gasteiger partial charge on any atom is -0.354 e. The van der Waals surface area contributed by atoms with Crippen LogP contribution in [0.3, 0.4) is 0 Å². The van der Waals surface area contributed by atoms with Crippen LogP contribution < -0.4 is 10.6 Å². The maximum absolute atomic E-state index is 13.7. The Balaban J connectivity index is 1.96. The summed E-state index contributed by atoms with van der Waals surface area (Å²) in [5.74, 6) is 0.443. The molecule has 0 aliphatic heterocycles. The lowest BCUT2D eigenvalue weighted by molar-refractivity contribution is 0.298. The highest BCUT2D eigenvalue weighted by Gasteiger charge is 2.14. The van der Waals surface area contributed by atoms with E-state index in [0.29, 0.717) is 24.6 Å². The van der Waals surface area contributed by atoms with Gasteiger partial charge in [-0.1, -0.05) is 48.0 Å². The van der Waals surface area contributed by atoms with E-state index in [0.717, 1.165) is 0 Å². The molecule has 0 amide bonds. The van der Waals surface area contributed by atoms with Crippen LogP contribution in [-0.2, 0) is 6.54 Å². The van der Waals surface area contributed by atoms with Crippen LogP contribution in [0.1, 0.15) is 22.7 Å². The molecule has 0 radical (unpaired) electrons. The molecule has 2 N–H and O–H groups in total. The van der Waals surface area contributed by atoms with Crippen molar-refractivity contribution in [3.8, 4) is 0 Å². The Kier molecular flexibility index (Phi) is 6.95. The molecule has 0 aliphatic rings. The van der Waals surface area contributed by atoms with Gasteiger partial charge >= 0.3 is 0 Å². The largest absolute Gasteiger partial charge is 0.354 e. The zero-order chi connectivity index (χ0) is 18.2. The number of aryl methyl sites for hydroxylation is 1. The van der Waals surface area contributed by atoms with Crippen molar-refractivity contribution in [2.75, 3.05) is 27.7 Å². The molecule has 0 aliphatic carbocycles. The highest BCUT2D eigenvalue weighted by atomic mass is 19.1. The van der Waals surface area contributed by atoms with Crippen LogP contribution in [0.15, 0.2) is 53.5 Å². The fraction of sp³-hybridized carbons (Fsp3) is 0.350. The van der Waals surface area contributed by atoms with Crippen molar-refractivity contribution in [3.63, 3.8) is 0 Å². The van der Waals surface area contributed by atoms with E-state index in [1.54, 1.807) is 19.2 Å². The van der Waals surface area contributed by atoms with Gasteiger partial charge in [-0.3, -0.25) is 4.99 Å². The van der Waals surface area contributed by atoms with Gasteiger partial charge in [-0.25, -0.2) is 4.39 Å². The predicted octanol–water partition coefficient (Wildman–Crippen LogP) is 3.10. The molecule has 4 nitrogen and oxygen atoms in total. The van der Waals surface area contributed by atoms with Crippen LogP contribution >= 0.6 is 0 Å². The molecule has 0 aromatic heterocycles. The summed E-state index contributed by atoms with van der Waals surface area (Å²) in [5.41, 5.74) is 3.11. The average molecular weight is 342 g/mol. The van der Waals surface area contributed by atoms with E-state index in [4.69, 9.17) is 0 Å². The lowest BCUT2D eigenvalue weighted by atomic mass is 10.0. The molecule has 0 bridgehead atoms. The van der Waals surface area contributed by atoms with Crippen LogP contribution in [0.4, 0.5) is 4.39 Å². The third kappa shape index (κ3) is 5.57. The molecule has 0 saturated heterocycles. The summed E-state index contributed by atoms with van der Waals surface area (Å²) >= 11 is 0. The number of likely N-dealkylation sites (N-methyl/N-ethyl adjacent to an activating group) is 1. The summed E-state index contributed by atoms with van der Waals surface area (Å²) in [6.45, 7) is 3.18. The van der Waals surface area contributed by atoms with Gasteiger partial charge in [0.25, 0.3) is 0 Å². The third-order valence-corrected chi connectivity index (χ3v) is 4.18. The summed E-state index contributed by atoms with van der Waals surface area (Å²) < 4.78 is 13.7. The van der Waals surface area contributed by atoms with Gasteiger partial charge < -0.3 is 15.5 Å². The van der Waals surface area contributed by atoms with E-state index in [1.807, 2.05) is 6.07 Å². The van der Waals surface area contributed by atoms with Crippen molar-refractivity contribution in [3.05, 3.63) is 71.0 Å². The lowest BCUT2D eigenvalue weighted by Crippen LogP contribution is -2.41. The molecule has 2 rings (SSSR count). The van der Waals surface area contributed by atoms with Gasteiger partial charge in [-0.2, -0.15) is 0 Å². The smallest absolute Gasteiger partial charge is 0.191 e. The van der Waals surface area contributed by atoms with Crippen LogP contribution in [-0.4, -0.2) is 38.5 Å². The SMILES string of the molecule is CN=C(NCc1ccccc1F)NCC(c1ccc(C)cc1)N(C)C. The Morgan fingerprint density at radius 1 is 1.08 bits per heavy atom. The van der Waals surface area contributed by atoms with E-state index < -0.39 is 0 Å². The Bertz CT molecular complexity index is 695. The predicted molar refractivity (Wildman–Crippen MR) is 102 cm³/mol. The van der Waals surface area contributed by atoms with Crippen molar-refractivity contribution in [1.82, 2.24) is 15.5 Å². The van der Waals surface area contributed by atoms with E-state index in [-0.39, 0.29) is 11.9 Å². The number of halogens is 1. The van der Waals surface area contributed by atoms with E-state index in [2.05, 4.69) is 65.8 Å².